The van der Waals surface area contributed by atoms with Gasteiger partial charge in [-0.15, -0.1) is 0 Å². The summed E-state index contributed by atoms with van der Waals surface area (Å²) in [4.78, 5) is 26.7. The maximum atomic E-state index is 13.4. The minimum Gasteiger partial charge on any atom is -0.327 e. The van der Waals surface area contributed by atoms with Crippen LogP contribution in [0.1, 0.15) is 28.8 Å². The summed E-state index contributed by atoms with van der Waals surface area (Å²) in [5, 5.41) is 2.71. The fourth-order valence-electron chi connectivity index (χ4n) is 2.99. The highest BCUT2D eigenvalue weighted by Crippen LogP contribution is 2.23. The van der Waals surface area contributed by atoms with Crippen LogP contribution < -0.4 is 5.32 Å². The number of anilines is 1. The van der Waals surface area contributed by atoms with Crippen LogP contribution in [0.25, 0.3) is 0 Å². The molecule has 1 aliphatic rings. The zero-order chi connectivity index (χ0) is 18.0. The fourth-order valence-corrected chi connectivity index (χ4v) is 2.99. The molecular formula is C19H18F2N2O2. The number of nitrogens with zero attached hydrogens (tertiary/aromatic N) is 1. The smallest absolute Gasteiger partial charge is 0.254 e. The highest BCUT2D eigenvalue weighted by molar-refractivity contribution is 6.01. The molecule has 1 fully saturated rings. The van der Waals surface area contributed by atoms with E-state index < -0.39 is 17.7 Å². The largest absolute Gasteiger partial charge is 0.327 e. The minimum atomic E-state index is -0.625. The number of hydrogen-bond donors (Lipinski definition) is 1. The standard InChI is InChI=1S/C19H18F2N2O2/c1-12-4-7-15(21)11-16(12)22-18(24)17-3-2-10-23(17)19(25)13-5-8-14(20)9-6-13/h4-9,11,17H,2-3,10H2,1H3,(H,22,24)/t17-/m0/s1. The number of rotatable bonds is 3. The molecule has 1 N–H and O–H groups in total. The lowest BCUT2D eigenvalue weighted by Crippen LogP contribution is -2.43. The first-order valence-corrected chi connectivity index (χ1v) is 8.09. The number of amides is 2. The molecule has 2 aromatic rings. The van der Waals surface area contributed by atoms with Gasteiger partial charge in [-0.05, 0) is 61.7 Å². The summed E-state index contributed by atoms with van der Waals surface area (Å²) in [7, 11) is 0. The molecular weight excluding hydrogens is 326 g/mol. The van der Waals surface area contributed by atoms with Crippen LogP contribution in [-0.2, 0) is 4.79 Å². The van der Waals surface area contributed by atoms with Crippen molar-refractivity contribution in [2.24, 2.45) is 0 Å². The van der Waals surface area contributed by atoms with E-state index in [-0.39, 0.29) is 11.8 Å². The van der Waals surface area contributed by atoms with Crippen LogP contribution in [0.4, 0.5) is 14.5 Å². The zero-order valence-corrected chi connectivity index (χ0v) is 13.8. The second-order valence-corrected chi connectivity index (χ2v) is 6.11. The Morgan fingerprint density at radius 2 is 1.76 bits per heavy atom. The Balaban J connectivity index is 1.76. The molecule has 1 atom stereocenters. The molecule has 1 aliphatic heterocycles. The lowest BCUT2D eigenvalue weighted by Gasteiger charge is -2.24. The third-order valence-electron chi connectivity index (χ3n) is 4.36. The Bertz CT molecular complexity index is 806. The van der Waals surface area contributed by atoms with E-state index in [1.807, 2.05) is 0 Å². The lowest BCUT2D eigenvalue weighted by atomic mass is 10.1. The summed E-state index contributed by atoms with van der Waals surface area (Å²) < 4.78 is 26.4. The average molecular weight is 344 g/mol. The molecule has 0 unspecified atom stereocenters. The van der Waals surface area contributed by atoms with Gasteiger partial charge < -0.3 is 10.2 Å². The van der Waals surface area contributed by atoms with Crippen molar-refractivity contribution in [1.29, 1.82) is 0 Å². The van der Waals surface area contributed by atoms with Gasteiger partial charge in [0.2, 0.25) is 5.91 Å². The number of aryl methyl sites for hydroxylation is 1. The molecule has 1 heterocycles. The molecule has 130 valence electrons. The normalized spacial score (nSPS) is 16.8. The van der Waals surface area contributed by atoms with Gasteiger partial charge in [-0.3, -0.25) is 9.59 Å². The van der Waals surface area contributed by atoms with E-state index in [0.717, 1.165) is 5.56 Å². The molecule has 0 radical (unpaired) electrons. The van der Waals surface area contributed by atoms with Gasteiger partial charge in [-0.2, -0.15) is 0 Å². The van der Waals surface area contributed by atoms with Gasteiger partial charge in [0.05, 0.1) is 0 Å². The van der Waals surface area contributed by atoms with Gasteiger partial charge in [0.1, 0.15) is 17.7 Å². The highest BCUT2D eigenvalue weighted by atomic mass is 19.1. The predicted octanol–water partition coefficient (Wildman–Crippen LogP) is 3.52. The van der Waals surface area contributed by atoms with Gasteiger partial charge in [0.25, 0.3) is 5.91 Å². The zero-order valence-electron chi connectivity index (χ0n) is 13.8. The van der Waals surface area contributed by atoms with Gasteiger partial charge in [-0.25, -0.2) is 8.78 Å². The van der Waals surface area contributed by atoms with Crippen LogP contribution in [0.5, 0.6) is 0 Å². The van der Waals surface area contributed by atoms with E-state index in [9.17, 15) is 18.4 Å². The third-order valence-corrected chi connectivity index (χ3v) is 4.36. The first kappa shape index (κ1) is 17.1. The Morgan fingerprint density at radius 3 is 2.48 bits per heavy atom. The van der Waals surface area contributed by atoms with E-state index in [2.05, 4.69) is 5.32 Å². The van der Waals surface area contributed by atoms with Gasteiger partial charge >= 0.3 is 0 Å². The SMILES string of the molecule is Cc1ccc(F)cc1NC(=O)[C@@H]1CCCN1C(=O)c1ccc(F)cc1. The van der Waals surface area contributed by atoms with E-state index in [1.54, 1.807) is 13.0 Å². The number of nitrogens with one attached hydrogen (secondary N) is 1. The molecule has 0 spiro atoms. The molecule has 2 aromatic carbocycles. The first-order chi connectivity index (χ1) is 12.0. The second kappa shape index (κ2) is 7.01. The van der Waals surface area contributed by atoms with Gasteiger partial charge in [0.15, 0.2) is 0 Å². The number of halogens is 2. The average Bonchev–Trinajstić information content (AvgIpc) is 3.08. The van der Waals surface area contributed by atoms with E-state index in [1.165, 1.54) is 41.3 Å². The van der Waals surface area contributed by atoms with Crippen LogP contribution >= 0.6 is 0 Å². The second-order valence-electron chi connectivity index (χ2n) is 6.11. The van der Waals surface area contributed by atoms with Crippen molar-refractivity contribution < 1.29 is 18.4 Å². The number of benzene rings is 2. The summed E-state index contributed by atoms with van der Waals surface area (Å²) in [5.41, 5.74) is 1.47. The molecule has 25 heavy (non-hydrogen) atoms. The lowest BCUT2D eigenvalue weighted by molar-refractivity contribution is -0.119. The topological polar surface area (TPSA) is 49.4 Å². The van der Waals surface area contributed by atoms with E-state index >= 15 is 0 Å². The highest BCUT2D eigenvalue weighted by Gasteiger charge is 2.34. The Morgan fingerprint density at radius 1 is 1.08 bits per heavy atom. The predicted molar refractivity (Wildman–Crippen MR) is 90.2 cm³/mol. The molecule has 0 bridgehead atoms. The summed E-state index contributed by atoms with van der Waals surface area (Å²) in [6, 6.07) is 8.78. The third kappa shape index (κ3) is 3.68. The summed E-state index contributed by atoms with van der Waals surface area (Å²) in [6.07, 6.45) is 1.24. The van der Waals surface area contributed by atoms with Crippen molar-refractivity contribution in [3.05, 3.63) is 65.2 Å². The Kier molecular flexibility index (Phi) is 4.79. The van der Waals surface area contributed by atoms with Crippen LogP contribution in [-0.4, -0.2) is 29.3 Å². The van der Waals surface area contributed by atoms with Crippen LogP contribution in [0.2, 0.25) is 0 Å². The maximum Gasteiger partial charge on any atom is 0.254 e. The maximum absolute atomic E-state index is 13.4. The van der Waals surface area contributed by atoms with Crippen LogP contribution in [0, 0.1) is 18.6 Å². The monoisotopic (exact) mass is 344 g/mol. The quantitative estimate of drug-likeness (QED) is 0.926. The van der Waals surface area contributed by atoms with E-state index in [0.29, 0.717) is 30.6 Å². The van der Waals surface area contributed by atoms with Crippen molar-refractivity contribution >= 4 is 17.5 Å². The summed E-state index contributed by atoms with van der Waals surface area (Å²) >= 11 is 0. The fraction of sp³-hybridized carbons (Fsp3) is 0.263. The number of hydrogen-bond acceptors (Lipinski definition) is 2. The van der Waals surface area contributed by atoms with Crippen molar-refractivity contribution in [2.45, 2.75) is 25.8 Å². The van der Waals surface area contributed by atoms with Crippen molar-refractivity contribution in [3.8, 4) is 0 Å². The van der Waals surface area contributed by atoms with Crippen LogP contribution in [0.15, 0.2) is 42.5 Å². The van der Waals surface area contributed by atoms with Crippen molar-refractivity contribution in [3.63, 3.8) is 0 Å². The number of likely N-dealkylation sites (tertiary alicyclic amines) is 1. The first-order valence-electron chi connectivity index (χ1n) is 8.09. The van der Waals surface area contributed by atoms with Crippen LogP contribution in [0.3, 0.4) is 0 Å². The Hall–Kier alpha value is -2.76. The molecule has 0 saturated carbocycles. The molecule has 0 aromatic heterocycles. The Labute approximate surface area is 144 Å². The summed E-state index contributed by atoms with van der Waals surface area (Å²) in [5.74, 6) is -1.52. The van der Waals surface area contributed by atoms with Gasteiger partial charge in [-0.1, -0.05) is 6.07 Å². The molecule has 1 saturated heterocycles. The number of carbonyl (C=O) groups excluding carboxylic acids is 2. The molecule has 0 aliphatic carbocycles. The molecule has 4 nitrogen and oxygen atoms in total. The molecule has 2 amide bonds. The van der Waals surface area contributed by atoms with E-state index in [4.69, 9.17) is 0 Å². The minimum absolute atomic E-state index is 0.311. The van der Waals surface area contributed by atoms with Crippen molar-refractivity contribution in [2.75, 3.05) is 11.9 Å². The van der Waals surface area contributed by atoms with Crippen molar-refractivity contribution in [1.82, 2.24) is 4.90 Å². The van der Waals surface area contributed by atoms with Gasteiger partial charge in [0, 0.05) is 17.8 Å². The number of carbonyl (C=O) groups is 2. The summed E-state index contributed by atoms with van der Waals surface area (Å²) in [6.45, 7) is 2.22. The molecule has 6 heteroatoms. The molecule has 3 rings (SSSR count).